The average Bonchev–Trinajstić information content (AvgIpc) is 1.72. The van der Waals surface area contributed by atoms with E-state index in [-0.39, 0.29) is 17.4 Å². The molecule has 0 aliphatic rings. The van der Waals surface area contributed by atoms with Gasteiger partial charge in [0, 0.05) is 17.4 Å². The maximum Gasteiger partial charge on any atom is 0 e. The topological polar surface area (TPSA) is 0 Å². The fraction of sp³-hybridized carbons (Fsp3) is 0. The Morgan fingerprint density at radius 3 is 1.57 bits per heavy atom. The van der Waals surface area contributed by atoms with E-state index in [4.69, 9.17) is 0 Å². The van der Waals surface area contributed by atoms with Crippen molar-refractivity contribution in [3.63, 3.8) is 0 Å². The molecule has 0 radical (unpaired) electrons. The van der Waals surface area contributed by atoms with E-state index in [0.29, 0.717) is 0 Å². The van der Waals surface area contributed by atoms with Crippen LogP contribution in [0.2, 0.25) is 0 Å². The Bertz CT molecular complexity index is 76.1. The van der Waals surface area contributed by atoms with E-state index in [1.165, 1.54) is 0 Å². The maximum absolute atomic E-state index is 2.89. The monoisotopic (exact) mass is 129 g/mol. The molecule has 0 unspecified atom stereocenters. The van der Waals surface area contributed by atoms with Crippen molar-refractivity contribution in [2.75, 3.05) is 0 Å². The third-order valence-electron chi connectivity index (χ3n) is 0.607. The number of rotatable bonds is 0. The van der Waals surface area contributed by atoms with Gasteiger partial charge in [0.1, 0.15) is 0 Å². The van der Waals surface area contributed by atoms with Gasteiger partial charge in [0.05, 0.1) is 0 Å². The van der Waals surface area contributed by atoms with Crippen molar-refractivity contribution >= 4 is 0 Å². The van der Waals surface area contributed by atoms with Gasteiger partial charge in [-0.1, -0.05) is 0 Å². The van der Waals surface area contributed by atoms with Gasteiger partial charge >= 0.3 is 0 Å². The van der Waals surface area contributed by atoms with Gasteiger partial charge in [-0.15, -0.1) is 0 Å². The SMILES string of the molecule is [Cr].[c-]1ccccc1. The second kappa shape index (κ2) is 3.93. The van der Waals surface area contributed by atoms with Crippen LogP contribution in [0, 0.1) is 6.07 Å². The van der Waals surface area contributed by atoms with Gasteiger partial charge in [0.25, 0.3) is 0 Å². The number of benzene rings is 1. The van der Waals surface area contributed by atoms with Crippen LogP contribution in [0.4, 0.5) is 0 Å². The summed E-state index contributed by atoms with van der Waals surface area (Å²) in [6.07, 6.45) is 0. The minimum absolute atomic E-state index is 0. The molecule has 0 saturated heterocycles. The molecule has 0 nitrogen and oxygen atoms in total. The molecular formula is C6H5Cr-. The fourth-order valence-corrected chi connectivity index (χ4v) is 0.342. The molecule has 0 saturated carbocycles. The Morgan fingerprint density at radius 1 is 0.857 bits per heavy atom. The molecule has 1 heteroatoms. The first-order valence-corrected chi connectivity index (χ1v) is 1.91. The number of hydrogen-bond acceptors (Lipinski definition) is 0. The Hall–Kier alpha value is -0.248. The van der Waals surface area contributed by atoms with Crippen LogP contribution in [0.3, 0.4) is 0 Å². The Morgan fingerprint density at radius 2 is 1.43 bits per heavy atom. The van der Waals surface area contributed by atoms with Gasteiger partial charge in [-0.05, 0) is 0 Å². The summed E-state index contributed by atoms with van der Waals surface area (Å²) in [6.45, 7) is 0. The molecule has 0 atom stereocenters. The van der Waals surface area contributed by atoms with Crippen molar-refractivity contribution in [3.05, 3.63) is 36.4 Å². The summed E-state index contributed by atoms with van der Waals surface area (Å²) in [5, 5.41) is 0. The molecule has 0 fully saturated rings. The molecule has 0 bridgehead atoms. The quantitative estimate of drug-likeness (QED) is 0.465. The normalized spacial score (nSPS) is 6.86. The predicted octanol–water partition coefficient (Wildman–Crippen LogP) is 1.48. The van der Waals surface area contributed by atoms with E-state index in [2.05, 4.69) is 6.07 Å². The van der Waals surface area contributed by atoms with Crippen molar-refractivity contribution in [1.82, 2.24) is 0 Å². The first-order valence-electron chi connectivity index (χ1n) is 1.91. The van der Waals surface area contributed by atoms with Crippen LogP contribution in [0.1, 0.15) is 0 Å². The molecule has 1 rings (SSSR count). The fourth-order valence-electron chi connectivity index (χ4n) is 0.342. The summed E-state index contributed by atoms with van der Waals surface area (Å²) in [5.41, 5.74) is 0. The predicted molar refractivity (Wildman–Crippen MR) is 25.3 cm³/mol. The Balaban J connectivity index is 0.000000360. The smallest absolute Gasteiger partial charge is 0 e. The summed E-state index contributed by atoms with van der Waals surface area (Å²) in [4.78, 5) is 0. The minimum Gasteiger partial charge on any atom is -0.184 e. The van der Waals surface area contributed by atoms with Crippen LogP contribution in [-0.2, 0) is 17.4 Å². The molecule has 7 heavy (non-hydrogen) atoms. The molecule has 1 aromatic carbocycles. The average molecular weight is 129 g/mol. The molecule has 0 amide bonds. The zero-order chi connectivity index (χ0) is 4.24. The maximum atomic E-state index is 2.89. The standard InChI is InChI=1S/C6H5.Cr/c1-2-4-6-5-3-1;/h1-5H;/q-1;. The van der Waals surface area contributed by atoms with Gasteiger partial charge in [-0.3, -0.25) is 0 Å². The van der Waals surface area contributed by atoms with Crippen LogP contribution in [0.25, 0.3) is 0 Å². The molecule has 0 spiro atoms. The van der Waals surface area contributed by atoms with Crippen LogP contribution < -0.4 is 0 Å². The number of hydrogen-bond donors (Lipinski definition) is 0. The van der Waals surface area contributed by atoms with Crippen LogP contribution in [-0.4, -0.2) is 0 Å². The molecule has 36 valence electrons. The third kappa shape index (κ3) is 2.45. The molecule has 0 aliphatic carbocycles. The molecule has 0 N–H and O–H groups in total. The van der Waals surface area contributed by atoms with Crippen molar-refractivity contribution in [2.24, 2.45) is 0 Å². The van der Waals surface area contributed by atoms with Gasteiger partial charge in [0.2, 0.25) is 0 Å². The first-order chi connectivity index (χ1) is 3.00. The summed E-state index contributed by atoms with van der Waals surface area (Å²) in [5.74, 6) is 0. The molecular weight excluding hydrogens is 124 g/mol. The van der Waals surface area contributed by atoms with Crippen LogP contribution in [0.5, 0.6) is 0 Å². The molecule has 1 aromatic rings. The van der Waals surface area contributed by atoms with Crippen LogP contribution >= 0.6 is 0 Å². The van der Waals surface area contributed by atoms with Crippen molar-refractivity contribution in [2.45, 2.75) is 0 Å². The largest absolute Gasteiger partial charge is 0.184 e. The van der Waals surface area contributed by atoms with E-state index in [1.807, 2.05) is 30.3 Å². The minimum atomic E-state index is 0. The van der Waals surface area contributed by atoms with E-state index in [1.54, 1.807) is 0 Å². The van der Waals surface area contributed by atoms with Gasteiger partial charge in [-0.2, -0.15) is 36.4 Å². The van der Waals surface area contributed by atoms with Crippen molar-refractivity contribution in [1.29, 1.82) is 0 Å². The summed E-state index contributed by atoms with van der Waals surface area (Å²) in [7, 11) is 0. The van der Waals surface area contributed by atoms with E-state index >= 15 is 0 Å². The summed E-state index contributed by atoms with van der Waals surface area (Å²) >= 11 is 0. The zero-order valence-electron chi connectivity index (χ0n) is 3.79. The Kier molecular flexibility index (Phi) is 3.79. The van der Waals surface area contributed by atoms with E-state index < -0.39 is 0 Å². The summed E-state index contributed by atoms with van der Waals surface area (Å²) < 4.78 is 0. The first kappa shape index (κ1) is 6.75. The van der Waals surface area contributed by atoms with Crippen LogP contribution in [0.15, 0.2) is 30.3 Å². The van der Waals surface area contributed by atoms with E-state index in [0.717, 1.165) is 0 Å². The Labute approximate surface area is 54.3 Å². The molecule has 0 aliphatic heterocycles. The summed E-state index contributed by atoms with van der Waals surface area (Å²) in [6, 6.07) is 12.5. The zero-order valence-corrected chi connectivity index (χ0v) is 5.07. The second-order valence-corrected chi connectivity index (χ2v) is 1.08. The van der Waals surface area contributed by atoms with Gasteiger partial charge in [0.15, 0.2) is 0 Å². The molecule has 0 heterocycles. The van der Waals surface area contributed by atoms with E-state index in [9.17, 15) is 0 Å². The van der Waals surface area contributed by atoms with Crippen molar-refractivity contribution in [3.8, 4) is 0 Å². The van der Waals surface area contributed by atoms with Gasteiger partial charge in [-0.25, -0.2) is 0 Å². The van der Waals surface area contributed by atoms with Gasteiger partial charge < -0.3 is 0 Å². The van der Waals surface area contributed by atoms with Crippen molar-refractivity contribution < 1.29 is 17.4 Å². The molecule has 0 aromatic heterocycles. The third-order valence-corrected chi connectivity index (χ3v) is 0.607. The second-order valence-electron chi connectivity index (χ2n) is 1.08.